The number of carbonyl (C=O) groups is 2. The average Bonchev–Trinajstić information content (AvgIpc) is 3.07. The van der Waals surface area contributed by atoms with Crippen LogP contribution in [0.5, 0.6) is 0 Å². The molecule has 0 aromatic carbocycles. The van der Waals surface area contributed by atoms with Gasteiger partial charge in [0.05, 0.1) is 11.6 Å². The van der Waals surface area contributed by atoms with Crippen LogP contribution in [0.4, 0.5) is 20.7 Å². The van der Waals surface area contributed by atoms with E-state index in [9.17, 15) is 14.4 Å². The Morgan fingerprint density at radius 3 is 2.80 bits per heavy atom. The molecule has 0 saturated carbocycles. The number of anilines is 2. The van der Waals surface area contributed by atoms with Crippen LogP contribution in [0.2, 0.25) is 5.02 Å². The number of amides is 2. The van der Waals surface area contributed by atoms with Gasteiger partial charge in [0.2, 0.25) is 0 Å². The first kappa shape index (κ1) is 24.6. The van der Waals surface area contributed by atoms with Crippen molar-refractivity contribution >= 4 is 35.1 Å². The van der Waals surface area contributed by atoms with E-state index in [1.165, 1.54) is 35.6 Å². The number of halogens is 2. The number of nitrogens with one attached hydrogen (secondary N) is 2. The van der Waals surface area contributed by atoms with E-state index in [1.54, 1.807) is 20.8 Å². The van der Waals surface area contributed by atoms with E-state index in [0.29, 0.717) is 5.82 Å². The molecule has 0 radical (unpaired) electrons. The molecule has 35 heavy (non-hydrogen) atoms. The van der Waals surface area contributed by atoms with Crippen molar-refractivity contribution in [2.45, 2.75) is 50.5 Å². The van der Waals surface area contributed by atoms with Crippen molar-refractivity contribution in [1.82, 2.24) is 24.8 Å². The van der Waals surface area contributed by atoms with Crippen molar-refractivity contribution in [3.63, 3.8) is 0 Å². The molecule has 4 rings (SSSR count). The summed E-state index contributed by atoms with van der Waals surface area (Å²) in [4.78, 5) is 48.8. The molecular formula is C23H26ClFN6O4. The molecular weight excluding hydrogens is 479 g/mol. The van der Waals surface area contributed by atoms with E-state index >= 15 is 4.39 Å². The number of hydrogen-bond donors (Lipinski definition) is 2. The quantitative estimate of drug-likeness (QED) is 0.613. The van der Waals surface area contributed by atoms with Gasteiger partial charge in [-0.05, 0) is 32.9 Å². The molecule has 0 bridgehead atoms. The van der Waals surface area contributed by atoms with E-state index < -0.39 is 34.5 Å². The van der Waals surface area contributed by atoms with Crippen LogP contribution < -0.4 is 16.2 Å². The van der Waals surface area contributed by atoms with Gasteiger partial charge in [-0.1, -0.05) is 17.7 Å². The molecule has 2 aromatic heterocycles. The molecule has 1 fully saturated rings. The van der Waals surface area contributed by atoms with Crippen LogP contribution in [0.1, 0.15) is 44.1 Å². The van der Waals surface area contributed by atoms with E-state index in [2.05, 4.69) is 27.2 Å². The second-order valence-corrected chi connectivity index (χ2v) is 9.95. The molecule has 2 amide bonds. The van der Waals surface area contributed by atoms with Crippen LogP contribution in [0.3, 0.4) is 0 Å². The smallest absolute Gasteiger partial charge is 0.410 e. The molecule has 1 saturated heterocycles. The summed E-state index contributed by atoms with van der Waals surface area (Å²) in [7, 11) is 0. The lowest BCUT2D eigenvalue weighted by molar-refractivity contribution is -0.0789. The van der Waals surface area contributed by atoms with Gasteiger partial charge in [-0.25, -0.2) is 19.2 Å². The Morgan fingerprint density at radius 2 is 2.17 bits per heavy atom. The highest BCUT2D eigenvalue weighted by molar-refractivity contribution is 6.34. The van der Waals surface area contributed by atoms with Crippen molar-refractivity contribution in [1.29, 1.82) is 0 Å². The number of hydrogen-bond acceptors (Lipinski definition) is 7. The summed E-state index contributed by atoms with van der Waals surface area (Å²) in [5.41, 5.74) is -5.80. The third kappa shape index (κ3) is 4.24. The minimum atomic E-state index is -2.14. The number of fused-ring (bicyclic) bond motifs is 2. The van der Waals surface area contributed by atoms with Crippen molar-refractivity contribution in [2.24, 2.45) is 0 Å². The molecule has 186 valence electrons. The fourth-order valence-corrected chi connectivity index (χ4v) is 4.75. The first-order valence-corrected chi connectivity index (χ1v) is 11.4. The van der Waals surface area contributed by atoms with Crippen molar-refractivity contribution in [3.8, 4) is 0 Å². The van der Waals surface area contributed by atoms with E-state index in [0.717, 1.165) is 4.57 Å². The number of nitrogens with zero attached hydrogens (tertiary/aromatic N) is 4. The topological polar surface area (TPSA) is 118 Å². The number of allylic oxidation sites excluding steroid dienone is 1. The summed E-state index contributed by atoms with van der Waals surface area (Å²) >= 11 is 6.43. The Kier molecular flexibility index (Phi) is 6.08. The van der Waals surface area contributed by atoms with Gasteiger partial charge in [0.1, 0.15) is 29.1 Å². The lowest BCUT2D eigenvalue weighted by atomic mass is 9.79. The third-order valence-corrected chi connectivity index (χ3v) is 6.26. The number of pyridine rings is 1. The highest BCUT2D eigenvalue weighted by Gasteiger charge is 2.63. The Bertz CT molecular complexity index is 1250. The normalized spacial score (nSPS) is 23.6. The minimum absolute atomic E-state index is 0.0214. The molecule has 2 unspecified atom stereocenters. The molecule has 10 nitrogen and oxygen atoms in total. The van der Waals surface area contributed by atoms with E-state index in [4.69, 9.17) is 16.3 Å². The molecule has 2 atom stereocenters. The van der Waals surface area contributed by atoms with Crippen LogP contribution in [0.15, 0.2) is 42.1 Å². The fourth-order valence-electron chi connectivity index (χ4n) is 4.48. The Morgan fingerprint density at radius 1 is 1.43 bits per heavy atom. The Labute approximate surface area is 206 Å². The molecule has 0 aliphatic carbocycles. The summed E-state index contributed by atoms with van der Waals surface area (Å²) in [5.74, 6) is -0.422. The van der Waals surface area contributed by atoms with Gasteiger partial charge in [0.25, 0.3) is 11.5 Å². The zero-order chi connectivity index (χ0) is 25.6. The predicted octanol–water partition coefficient (Wildman–Crippen LogP) is 3.36. The van der Waals surface area contributed by atoms with Gasteiger partial charge in [0.15, 0.2) is 11.3 Å². The number of aromatic nitrogens is 3. The van der Waals surface area contributed by atoms with Gasteiger partial charge in [-0.3, -0.25) is 14.2 Å². The molecule has 12 heteroatoms. The van der Waals surface area contributed by atoms with Crippen molar-refractivity contribution in [3.05, 3.63) is 58.4 Å². The number of likely N-dealkylation sites (tertiary alicyclic amines) is 1. The standard InChI is InChI=1S/C23H26ClFN6O4/c1-5-7-22(25)8-10-30(20(34)35-21(2,3)4)12-23(22)29-18(32)17-14(24)11-15(19(33)31(17)23)28-16-6-9-26-13-27-16/h5-6,9,11,13H,1,7-8,10,12H2,2-4H3,(H,29,32)(H,26,27,28). The highest BCUT2D eigenvalue weighted by Crippen LogP contribution is 2.46. The van der Waals surface area contributed by atoms with Crippen LogP contribution >= 0.6 is 11.6 Å². The van der Waals surface area contributed by atoms with Gasteiger partial charge in [-0.2, -0.15) is 0 Å². The monoisotopic (exact) mass is 504 g/mol. The first-order valence-electron chi connectivity index (χ1n) is 11.0. The zero-order valence-electron chi connectivity index (χ0n) is 19.6. The molecule has 1 spiro atoms. The predicted molar refractivity (Wildman–Crippen MR) is 128 cm³/mol. The maximum absolute atomic E-state index is 16.7. The van der Waals surface area contributed by atoms with Gasteiger partial charge >= 0.3 is 6.09 Å². The lowest BCUT2D eigenvalue weighted by Gasteiger charge is -2.50. The second-order valence-electron chi connectivity index (χ2n) is 9.54. The maximum Gasteiger partial charge on any atom is 0.410 e. The molecule has 2 aliphatic rings. The van der Waals surface area contributed by atoms with Crippen molar-refractivity contribution in [2.75, 3.05) is 18.4 Å². The van der Waals surface area contributed by atoms with E-state index in [1.807, 2.05) is 0 Å². The fraction of sp³-hybridized carbons (Fsp3) is 0.435. The van der Waals surface area contributed by atoms with Gasteiger partial charge in [-0.15, -0.1) is 6.58 Å². The second kappa shape index (κ2) is 8.63. The van der Waals surface area contributed by atoms with E-state index in [-0.39, 0.29) is 42.3 Å². The van der Waals surface area contributed by atoms with Gasteiger partial charge in [0, 0.05) is 25.6 Å². The summed E-state index contributed by atoms with van der Waals surface area (Å²) < 4.78 is 23.2. The summed E-state index contributed by atoms with van der Waals surface area (Å²) in [5, 5.41) is 5.43. The molecule has 2 aromatic rings. The lowest BCUT2D eigenvalue weighted by Crippen LogP contribution is -2.70. The zero-order valence-corrected chi connectivity index (χ0v) is 20.4. The minimum Gasteiger partial charge on any atom is -0.444 e. The average molecular weight is 505 g/mol. The number of ether oxygens (including phenoxy) is 1. The van der Waals surface area contributed by atoms with Crippen LogP contribution in [-0.4, -0.2) is 55.8 Å². The number of alkyl halides is 1. The summed E-state index contributed by atoms with van der Waals surface area (Å²) in [6, 6.07) is 2.82. The van der Waals surface area contributed by atoms with Crippen LogP contribution in [0, 0.1) is 0 Å². The van der Waals surface area contributed by atoms with Crippen LogP contribution in [-0.2, 0) is 10.4 Å². The number of carbonyl (C=O) groups excluding carboxylic acids is 2. The highest BCUT2D eigenvalue weighted by atomic mass is 35.5. The SMILES string of the molecule is C=CCC1(F)CCN(C(=O)OC(C)(C)C)CC12NC(=O)c1c(Cl)cc(Nc3ccncn3)c(=O)n12. The maximum atomic E-state index is 16.7. The largest absolute Gasteiger partial charge is 0.444 e. The van der Waals surface area contributed by atoms with Gasteiger partial charge < -0.3 is 20.3 Å². The molecule has 4 heterocycles. The number of rotatable bonds is 4. The molecule has 2 aliphatic heterocycles. The number of piperidine rings is 1. The molecule has 2 N–H and O–H groups in total. The Hall–Kier alpha value is -3.47. The summed E-state index contributed by atoms with van der Waals surface area (Å²) in [6.45, 7) is 8.46. The first-order chi connectivity index (χ1) is 16.4. The van der Waals surface area contributed by atoms with Crippen molar-refractivity contribution < 1.29 is 18.7 Å². The van der Waals surface area contributed by atoms with Crippen LogP contribution in [0.25, 0.3) is 0 Å². The third-order valence-electron chi connectivity index (χ3n) is 5.97. The summed E-state index contributed by atoms with van der Waals surface area (Å²) in [6.07, 6.45) is 3.11. The Balaban J connectivity index is 1.87.